The standard InChI is InChI=1S/C13H19NO2/c1-3-9-14(11(2)10-15)13(16)12-7-5-4-6-8-12/h4-8,11,15H,3,9-10H2,1-2H3. The van der Waals surface area contributed by atoms with Gasteiger partial charge in [-0.2, -0.15) is 0 Å². The maximum absolute atomic E-state index is 12.1. The fourth-order valence-electron chi connectivity index (χ4n) is 1.61. The number of hydrogen-bond donors (Lipinski definition) is 1. The first-order valence-corrected chi connectivity index (χ1v) is 5.67. The third-order valence-corrected chi connectivity index (χ3v) is 2.54. The van der Waals surface area contributed by atoms with Gasteiger partial charge in [0.2, 0.25) is 0 Å². The quantitative estimate of drug-likeness (QED) is 0.825. The molecule has 0 fully saturated rings. The van der Waals surface area contributed by atoms with Crippen LogP contribution in [0, 0.1) is 0 Å². The van der Waals surface area contributed by atoms with Crippen LogP contribution in [0.15, 0.2) is 30.3 Å². The van der Waals surface area contributed by atoms with Gasteiger partial charge in [0.15, 0.2) is 0 Å². The summed E-state index contributed by atoms with van der Waals surface area (Å²) in [5.41, 5.74) is 0.677. The molecule has 1 rings (SSSR count). The van der Waals surface area contributed by atoms with Crippen LogP contribution in [0.5, 0.6) is 0 Å². The lowest BCUT2D eigenvalue weighted by Gasteiger charge is -2.27. The van der Waals surface area contributed by atoms with E-state index in [9.17, 15) is 4.79 Å². The molecule has 1 N–H and O–H groups in total. The highest BCUT2D eigenvalue weighted by Crippen LogP contribution is 2.08. The van der Waals surface area contributed by atoms with Crippen molar-refractivity contribution in [1.29, 1.82) is 0 Å². The summed E-state index contributed by atoms with van der Waals surface area (Å²) in [6.45, 7) is 4.56. The van der Waals surface area contributed by atoms with Gasteiger partial charge in [-0.05, 0) is 25.5 Å². The minimum Gasteiger partial charge on any atom is -0.394 e. The number of aliphatic hydroxyl groups excluding tert-OH is 1. The second kappa shape index (κ2) is 6.28. The Morgan fingerprint density at radius 3 is 2.50 bits per heavy atom. The highest BCUT2D eigenvalue weighted by Gasteiger charge is 2.19. The minimum atomic E-state index is -0.132. The molecule has 0 spiro atoms. The largest absolute Gasteiger partial charge is 0.394 e. The number of rotatable bonds is 5. The number of hydrogen-bond acceptors (Lipinski definition) is 2. The van der Waals surface area contributed by atoms with Crippen molar-refractivity contribution in [3.8, 4) is 0 Å². The minimum absolute atomic E-state index is 0.00142. The van der Waals surface area contributed by atoms with Gasteiger partial charge in [-0.3, -0.25) is 4.79 Å². The first kappa shape index (κ1) is 12.7. The smallest absolute Gasteiger partial charge is 0.254 e. The van der Waals surface area contributed by atoms with Crippen molar-refractivity contribution in [3.63, 3.8) is 0 Å². The highest BCUT2D eigenvalue weighted by atomic mass is 16.3. The van der Waals surface area contributed by atoms with Gasteiger partial charge in [-0.1, -0.05) is 25.1 Å². The van der Waals surface area contributed by atoms with Gasteiger partial charge in [0.05, 0.1) is 12.6 Å². The molecule has 1 aromatic carbocycles. The van der Waals surface area contributed by atoms with E-state index >= 15 is 0 Å². The van der Waals surface area contributed by atoms with E-state index in [1.54, 1.807) is 17.0 Å². The Balaban J connectivity index is 2.83. The first-order chi connectivity index (χ1) is 7.70. The topological polar surface area (TPSA) is 40.5 Å². The molecular formula is C13H19NO2. The molecule has 0 heterocycles. The average Bonchev–Trinajstić information content (AvgIpc) is 2.35. The van der Waals surface area contributed by atoms with Crippen LogP contribution in [0.4, 0.5) is 0 Å². The van der Waals surface area contributed by atoms with Crippen molar-refractivity contribution in [3.05, 3.63) is 35.9 Å². The van der Waals surface area contributed by atoms with Gasteiger partial charge in [-0.15, -0.1) is 0 Å². The molecule has 16 heavy (non-hydrogen) atoms. The molecule has 0 saturated heterocycles. The van der Waals surface area contributed by atoms with Crippen LogP contribution in [0.25, 0.3) is 0 Å². The molecule has 0 aliphatic heterocycles. The summed E-state index contributed by atoms with van der Waals surface area (Å²) in [4.78, 5) is 13.9. The van der Waals surface area contributed by atoms with Gasteiger partial charge in [-0.25, -0.2) is 0 Å². The maximum atomic E-state index is 12.1. The summed E-state index contributed by atoms with van der Waals surface area (Å²) >= 11 is 0. The Bertz CT molecular complexity index is 324. The number of benzene rings is 1. The summed E-state index contributed by atoms with van der Waals surface area (Å²) in [6, 6.07) is 9.05. The SMILES string of the molecule is CCCN(C(=O)c1ccccc1)C(C)CO. The Hall–Kier alpha value is -1.35. The van der Waals surface area contributed by atoms with Crippen LogP contribution >= 0.6 is 0 Å². The number of amides is 1. The fraction of sp³-hybridized carbons (Fsp3) is 0.462. The van der Waals surface area contributed by atoms with Crippen molar-refractivity contribution in [1.82, 2.24) is 4.90 Å². The van der Waals surface area contributed by atoms with E-state index in [0.717, 1.165) is 6.42 Å². The lowest BCUT2D eigenvalue weighted by molar-refractivity contribution is 0.0619. The van der Waals surface area contributed by atoms with Gasteiger partial charge in [0.1, 0.15) is 0 Å². The lowest BCUT2D eigenvalue weighted by Crippen LogP contribution is -2.41. The summed E-state index contributed by atoms with van der Waals surface area (Å²) in [7, 11) is 0. The highest BCUT2D eigenvalue weighted by molar-refractivity contribution is 5.94. The van der Waals surface area contributed by atoms with Crippen molar-refractivity contribution >= 4 is 5.91 Å². The van der Waals surface area contributed by atoms with E-state index < -0.39 is 0 Å². The zero-order chi connectivity index (χ0) is 12.0. The second-order valence-corrected chi connectivity index (χ2v) is 3.90. The third kappa shape index (κ3) is 3.07. The van der Waals surface area contributed by atoms with E-state index in [0.29, 0.717) is 12.1 Å². The van der Waals surface area contributed by atoms with Gasteiger partial charge in [0, 0.05) is 12.1 Å². The predicted octanol–water partition coefficient (Wildman–Crippen LogP) is 1.92. The van der Waals surface area contributed by atoms with E-state index in [2.05, 4.69) is 0 Å². The molecule has 3 heteroatoms. The molecule has 88 valence electrons. The molecular weight excluding hydrogens is 202 g/mol. The van der Waals surface area contributed by atoms with Crippen molar-refractivity contribution in [2.45, 2.75) is 26.3 Å². The summed E-state index contributed by atoms with van der Waals surface area (Å²) in [6.07, 6.45) is 0.892. The number of nitrogens with zero attached hydrogens (tertiary/aromatic N) is 1. The zero-order valence-corrected chi connectivity index (χ0v) is 9.89. The molecule has 1 atom stereocenters. The van der Waals surface area contributed by atoms with Crippen LogP contribution < -0.4 is 0 Å². The second-order valence-electron chi connectivity index (χ2n) is 3.90. The number of aliphatic hydroxyl groups is 1. The predicted molar refractivity (Wildman–Crippen MR) is 64.3 cm³/mol. The molecule has 1 aromatic rings. The summed E-state index contributed by atoms with van der Waals surface area (Å²) < 4.78 is 0. The van der Waals surface area contributed by atoms with Crippen LogP contribution in [-0.2, 0) is 0 Å². The van der Waals surface area contributed by atoms with Crippen molar-refractivity contribution in [2.24, 2.45) is 0 Å². The molecule has 3 nitrogen and oxygen atoms in total. The van der Waals surface area contributed by atoms with Crippen LogP contribution in [-0.4, -0.2) is 35.1 Å². The lowest BCUT2D eigenvalue weighted by atomic mass is 10.1. The monoisotopic (exact) mass is 221 g/mol. The Morgan fingerprint density at radius 1 is 1.38 bits per heavy atom. The number of carbonyl (C=O) groups excluding carboxylic acids is 1. The molecule has 1 amide bonds. The average molecular weight is 221 g/mol. The van der Waals surface area contributed by atoms with Crippen molar-refractivity contribution in [2.75, 3.05) is 13.2 Å². The van der Waals surface area contributed by atoms with Crippen LogP contribution in [0.3, 0.4) is 0 Å². The number of carbonyl (C=O) groups is 1. The van der Waals surface area contributed by atoms with Crippen LogP contribution in [0.1, 0.15) is 30.6 Å². The summed E-state index contributed by atoms with van der Waals surface area (Å²) in [5.74, 6) is -0.0102. The molecule has 0 bridgehead atoms. The Labute approximate surface area is 96.7 Å². The molecule has 0 saturated carbocycles. The normalized spacial score (nSPS) is 12.2. The van der Waals surface area contributed by atoms with E-state index in [-0.39, 0.29) is 18.6 Å². The van der Waals surface area contributed by atoms with Gasteiger partial charge >= 0.3 is 0 Å². The summed E-state index contributed by atoms with van der Waals surface area (Å²) in [5, 5.41) is 9.13. The van der Waals surface area contributed by atoms with Crippen LogP contribution in [0.2, 0.25) is 0 Å². The van der Waals surface area contributed by atoms with Gasteiger partial charge in [0.25, 0.3) is 5.91 Å². The Kier molecular flexibility index (Phi) is 4.99. The van der Waals surface area contributed by atoms with E-state index in [1.165, 1.54) is 0 Å². The molecule has 0 aliphatic rings. The zero-order valence-electron chi connectivity index (χ0n) is 9.89. The molecule has 0 aromatic heterocycles. The van der Waals surface area contributed by atoms with E-state index in [1.807, 2.05) is 32.0 Å². The van der Waals surface area contributed by atoms with E-state index in [4.69, 9.17) is 5.11 Å². The molecule has 1 unspecified atom stereocenters. The maximum Gasteiger partial charge on any atom is 0.254 e. The van der Waals surface area contributed by atoms with Gasteiger partial charge < -0.3 is 10.0 Å². The van der Waals surface area contributed by atoms with Crippen molar-refractivity contribution < 1.29 is 9.90 Å². The first-order valence-electron chi connectivity index (χ1n) is 5.67. The molecule has 0 aliphatic carbocycles. The Morgan fingerprint density at radius 2 is 2.00 bits per heavy atom. The molecule has 0 radical (unpaired) electrons. The fourth-order valence-corrected chi connectivity index (χ4v) is 1.61. The third-order valence-electron chi connectivity index (χ3n) is 2.54.